The van der Waals surface area contributed by atoms with Gasteiger partial charge in [-0.25, -0.2) is 0 Å². The maximum Gasteiger partial charge on any atom is 0.231 e. The predicted molar refractivity (Wildman–Crippen MR) is 131 cm³/mol. The Hall–Kier alpha value is -1.91. The summed E-state index contributed by atoms with van der Waals surface area (Å²) < 4.78 is 6.36. The van der Waals surface area contributed by atoms with Crippen LogP contribution >= 0.6 is 0 Å². The topological polar surface area (TPSA) is 29.5 Å². The fourth-order valence-electron chi connectivity index (χ4n) is 3.28. The number of para-hydroxylation sites is 2. The molecule has 0 saturated carbocycles. The third-order valence-electron chi connectivity index (χ3n) is 6.42. The Labute approximate surface area is 184 Å². The predicted octanol–water partition coefficient (Wildman–Crippen LogP) is 7.57. The Morgan fingerprint density at radius 1 is 0.933 bits per heavy atom. The smallest absolute Gasteiger partial charge is 0.231 e. The van der Waals surface area contributed by atoms with Crippen molar-refractivity contribution in [2.24, 2.45) is 5.92 Å². The second kappa shape index (κ2) is 10.9. The summed E-state index contributed by atoms with van der Waals surface area (Å²) in [7, 11) is -1.71. The van der Waals surface area contributed by atoms with Gasteiger partial charge in [-0.15, -0.1) is 0 Å². The fourth-order valence-corrected chi connectivity index (χ4v) is 4.34. The number of anilines is 2. The molecule has 0 radical (unpaired) electrons. The first-order valence-corrected chi connectivity index (χ1v) is 14.1. The van der Waals surface area contributed by atoms with Gasteiger partial charge in [-0.3, -0.25) is 9.69 Å². The highest BCUT2D eigenvalue weighted by molar-refractivity contribution is 6.74. The molecule has 164 valence electrons. The van der Waals surface area contributed by atoms with E-state index in [1.807, 2.05) is 65.6 Å². The lowest BCUT2D eigenvalue weighted by Crippen LogP contribution is -2.41. The number of nitrogens with zero attached hydrogens (tertiary/aromatic N) is 1. The van der Waals surface area contributed by atoms with Gasteiger partial charge in [0.1, 0.15) is 0 Å². The van der Waals surface area contributed by atoms with Gasteiger partial charge in [-0.05, 0) is 61.2 Å². The Bertz CT molecular complexity index is 729. The van der Waals surface area contributed by atoms with E-state index in [9.17, 15) is 4.79 Å². The molecule has 30 heavy (non-hydrogen) atoms. The van der Waals surface area contributed by atoms with Gasteiger partial charge in [0.15, 0.2) is 8.32 Å². The molecule has 0 unspecified atom stereocenters. The highest BCUT2D eigenvalue weighted by Crippen LogP contribution is 2.37. The first-order valence-electron chi connectivity index (χ1n) is 11.2. The second-order valence-electron chi connectivity index (χ2n) is 9.61. The van der Waals surface area contributed by atoms with Gasteiger partial charge in [0.25, 0.3) is 0 Å². The van der Waals surface area contributed by atoms with E-state index in [1.54, 1.807) is 0 Å². The van der Waals surface area contributed by atoms with Crippen molar-refractivity contribution in [1.29, 1.82) is 0 Å². The van der Waals surface area contributed by atoms with E-state index < -0.39 is 8.32 Å². The molecule has 2 rings (SSSR count). The summed E-state index contributed by atoms with van der Waals surface area (Å²) in [6, 6.07) is 19.8. The average molecular weight is 426 g/mol. The van der Waals surface area contributed by atoms with Crippen LogP contribution in [0.5, 0.6) is 0 Å². The summed E-state index contributed by atoms with van der Waals surface area (Å²) in [5.74, 6) is 0.656. The number of carbonyl (C=O) groups excluding carboxylic acids is 1. The van der Waals surface area contributed by atoms with Gasteiger partial charge in [0.05, 0.1) is 0 Å². The van der Waals surface area contributed by atoms with E-state index in [0.29, 0.717) is 12.3 Å². The Kier molecular flexibility index (Phi) is 8.87. The third kappa shape index (κ3) is 6.81. The number of benzene rings is 2. The number of hydrogen-bond donors (Lipinski definition) is 0. The molecule has 0 N–H and O–H groups in total. The lowest BCUT2D eigenvalue weighted by molar-refractivity contribution is -0.118. The zero-order valence-electron chi connectivity index (χ0n) is 19.7. The van der Waals surface area contributed by atoms with Crippen molar-refractivity contribution in [2.75, 3.05) is 11.5 Å². The van der Waals surface area contributed by atoms with Gasteiger partial charge in [0, 0.05) is 24.4 Å². The molecule has 0 aliphatic heterocycles. The molecule has 0 aliphatic rings. The molecular weight excluding hydrogens is 386 g/mol. The molecule has 1 amide bonds. The van der Waals surface area contributed by atoms with Crippen molar-refractivity contribution >= 4 is 25.6 Å². The minimum atomic E-state index is -1.71. The number of rotatable bonds is 10. The molecule has 0 aromatic heterocycles. The summed E-state index contributed by atoms with van der Waals surface area (Å²) in [6.07, 6.45) is 3.53. The van der Waals surface area contributed by atoms with E-state index in [0.717, 1.165) is 37.2 Å². The summed E-state index contributed by atoms with van der Waals surface area (Å²) in [4.78, 5) is 15.1. The number of hydrogen-bond acceptors (Lipinski definition) is 2. The maximum absolute atomic E-state index is 13.2. The third-order valence-corrected chi connectivity index (χ3v) is 11.0. The first-order chi connectivity index (χ1) is 14.2. The Morgan fingerprint density at radius 3 is 1.87 bits per heavy atom. The molecule has 0 bridgehead atoms. The van der Waals surface area contributed by atoms with Crippen molar-refractivity contribution < 1.29 is 9.22 Å². The van der Waals surface area contributed by atoms with Gasteiger partial charge in [-0.1, -0.05) is 70.5 Å². The van der Waals surface area contributed by atoms with Crippen molar-refractivity contribution in [3.8, 4) is 0 Å². The number of amides is 1. The molecule has 3 nitrogen and oxygen atoms in total. The van der Waals surface area contributed by atoms with E-state index >= 15 is 0 Å². The van der Waals surface area contributed by atoms with Crippen LogP contribution in [0.2, 0.25) is 18.1 Å². The molecule has 0 spiro atoms. The van der Waals surface area contributed by atoms with Crippen molar-refractivity contribution in [3.05, 3.63) is 60.7 Å². The molecule has 0 saturated heterocycles. The number of carbonyl (C=O) groups is 1. The average Bonchev–Trinajstić information content (AvgIpc) is 2.71. The molecule has 0 fully saturated rings. The van der Waals surface area contributed by atoms with Crippen LogP contribution < -0.4 is 4.90 Å². The van der Waals surface area contributed by atoms with Crippen LogP contribution in [0, 0.1) is 5.92 Å². The van der Waals surface area contributed by atoms with Crippen LogP contribution in [-0.2, 0) is 9.22 Å². The van der Waals surface area contributed by atoms with Gasteiger partial charge >= 0.3 is 0 Å². The minimum absolute atomic E-state index is 0.149. The van der Waals surface area contributed by atoms with E-state index in [-0.39, 0.29) is 10.9 Å². The fraction of sp³-hybridized carbons (Fsp3) is 0.500. The lowest BCUT2D eigenvalue weighted by Gasteiger charge is -2.36. The normalized spacial score (nSPS) is 13.1. The maximum atomic E-state index is 13.2. The zero-order chi connectivity index (χ0) is 22.2. The van der Waals surface area contributed by atoms with Crippen molar-refractivity contribution in [2.45, 2.75) is 71.5 Å². The second-order valence-corrected chi connectivity index (χ2v) is 14.4. The molecule has 2 aromatic rings. The van der Waals surface area contributed by atoms with Crippen LogP contribution in [0.4, 0.5) is 11.4 Å². The summed E-state index contributed by atoms with van der Waals surface area (Å²) >= 11 is 0. The molecule has 1 atom stereocenters. The summed E-state index contributed by atoms with van der Waals surface area (Å²) in [5, 5.41) is 0.233. The molecule has 0 aliphatic carbocycles. The standard InChI is InChI=1S/C26H39NO2Si/c1-7-22(20-21-29-30(5,6)26(2,3)4)18-19-25(28)27(23-14-10-8-11-15-23)24-16-12-9-13-17-24/h8-17,22H,7,18-21H2,1-6H3/t22-/m1/s1. The van der Waals surface area contributed by atoms with Gasteiger partial charge < -0.3 is 4.43 Å². The van der Waals surface area contributed by atoms with Crippen LogP contribution in [0.3, 0.4) is 0 Å². The highest BCUT2D eigenvalue weighted by atomic mass is 28.4. The van der Waals surface area contributed by atoms with Gasteiger partial charge in [-0.2, -0.15) is 0 Å². The quantitative estimate of drug-likeness (QED) is 0.367. The monoisotopic (exact) mass is 425 g/mol. The summed E-state index contributed by atoms with van der Waals surface area (Å²) in [5.41, 5.74) is 1.84. The molecule has 2 aromatic carbocycles. The highest BCUT2D eigenvalue weighted by Gasteiger charge is 2.37. The van der Waals surface area contributed by atoms with Crippen LogP contribution in [0.15, 0.2) is 60.7 Å². The van der Waals surface area contributed by atoms with E-state index in [2.05, 4.69) is 40.8 Å². The van der Waals surface area contributed by atoms with Crippen LogP contribution in [0.1, 0.15) is 53.4 Å². The van der Waals surface area contributed by atoms with E-state index in [4.69, 9.17) is 4.43 Å². The zero-order valence-corrected chi connectivity index (χ0v) is 20.7. The summed E-state index contributed by atoms with van der Waals surface area (Å²) in [6.45, 7) is 14.4. The Balaban J connectivity index is 1.98. The van der Waals surface area contributed by atoms with Crippen molar-refractivity contribution in [1.82, 2.24) is 0 Å². The van der Waals surface area contributed by atoms with E-state index in [1.165, 1.54) is 0 Å². The molecule has 4 heteroatoms. The Morgan fingerprint density at radius 2 is 1.43 bits per heavy atom. The van der Waals surface area contributed by atoms with Gasteiger partial charge in [0.2, 0.25) is 5.91 Å². The lowest BCUT2D eigenvalue weighted by atomic mass is 9.96. The van der Waals surface area contributed by atoms with Crippen molar-refractivity contribution in [3.63, 3.8) is 0 Å². The molecular formula is C26H39NO2Si. The first kappa shape index (κ1) is 24.4. The minimum Gasteiger partial charge on any atom is -0.417 e. The largest absolute Gasteiger partial charge is 0.417 e. The molecule has 0 heterocycles. The SMILES string of the molecule is CC[C@@H](CCO[Si](C)(C)C(C)(C)C)CCC(=O)N(c1ccccc1)c1ccccc1. The van der Waals surface area contributed by atoms with Crippen LogP contribution in [0.25, 0.3) is 0 Å². The van der Waals surface area contributed by atoms with Crippen LogP contribution in [-0.4, -0.2) is 20.8 Å².